The number of amides is 1. The van der Waals surface area contributed by atoms with Gasteiger partial charge < -0.3 is 14.8 Å². The van der Waals surface area contributed by atoms with Crippen LogP contribution in [0.1, 0.15) is 18.4 Å². The third-order valence-corrected chi connectivity index (χ3v) is 6.07. The lowest BCUT2D eigenvalue weighted by Crippen LogP contribution is -2.48. The predicted octanol–water partition coefficient (Wildman–Crippen LogP) is 3.17. The molecule has 0 aliphatic carbocycles. The Morgan fingerprint density at radius 2 is 1.88 bits per heavy atom. The molecule has 1 saturated heterocycles. The van der Waals surface area contributed by atoms with Crippen LogP contribution in [-0.4, -0.2) is 52.1 Å². The van der Waals surface area contributed by atoms with Crippen molar-refractivity contribution in [1.82, 2.24) is 25.1 Å². The Hall–Kier alpha value is -3.85. The van der Waals surface area contributed by atoms with Gasteiger partial charge in [-0.15, -0.1) is 15.3 Å². The zero-order valence-corrected chi connectivity index (χ0v) is 18.5. The molecule has 4 aromatic rings. The fourth-order valence-corrected chi connectivity index (χ4v) is 4.27. The lowest BCUT2D eigenvalue weighted by atomic mass is 9.73. The van der Waals surface area contributed by atoms with Gasteiger partial charge in [-0.05, 0) is 36.6 Å². The Morgan fingerprint density at radius 3 is 2.68 bits per heavy atom. The van der Waals surface area contributed by atoms with E-state index >= 15 is 0 Å². The maximum atomic E-state index is 13.6. The average Bonchev–Trinajstić information content (AvgIpc) is 3.31. The Balaban J connectivity index is 1.25. The third-order valence-electron chi connectivity index (χ3n) is 6.07. The van der Waals surface area contributed by atoms with Gasteiger partial charge in [0.1, 0.15) is 12.4 Å². The summed E-state index contributed by atoms with van der Waals surface area (Å²) < 4.78 is 26.4. The van der Waals surface area contributed by atoms with E-state index in [1.54, 1.807) is 24.3 Å². The minimum atomic E-state index is -0.598. The molecule has 0 radical (unpaired) electrons. The van der Waals surface area contributed by atoms with E-state index in [1.807, 2.05) is 30.3 Å². The smallest absolute Gasteiger partial charge is 0.231 e. The molecule has 1 fully saturated rings. The second-order valence-corrected chi connectivity index (χ2v) is 8.14. The van der Waals surface area contributed by atoms with Gasteiger partial charge >= 0.3 is 0 Å². The monoisotopic (exact) mass is 461 g/mol. The number of halogens is 1. The summed E-state index contributed by atoms with van der Waals surface area (Å²) in [7, 11) is 0. The van der Waals surface area contributed by atoms with E-state index in [9.17, 15) is 9.18 Å². The maximum Gasteiger partial charge on any atom is 0.231 e. The number of aromatic nitrogens is 4. The first-order valence-electron chi connectivity index (χ1n) is 11.2. The minimum absolute atomic E-state index is 0.0267. The van der Waals surface area contributed by atoms with Crippen LogP contribution in [0.5, 0.6) is 5.88 Å². The molecule has 0 bridgehead atoms. The highest BCUT2D eigenvalue weighted by atomic mass is 19.1. The van der Waals surface area contributed by atoms with Crippen LogP contribution in [0.15, 0.2) is 66.7 Å². The molecule has 1 aliphatic rings. The number of carbonyl (C=O) groups is 1. The molecule has 0 saturated carbocycles. The van der Waals surface area contributed by atoms with Crippen molar-refractivity contribution in [2.45, 2.75) is 18.3 Å². The Kier molecular flexibility index (Phi) is 6.18. The van der Waals surface area contributed by atoms with E-state index in [1.165, 1.54) is 16.6 Å². The number of hydrogen-bond acceptors (Lipinski definition) is 6. The molecule has 3 heterocycles. The SMILES string of the molecule is O=C(NCCOc1ccc2nnc(-c3cccc(F)c3)n2n1)C1(c2ccccc2)CCOCC1. The molecule has 0 unspecified atom stereocenters. The molecule has 1 aliphatic heterocycles. The lowest BCUT2D eigenvalue weighted by Gasteiger charge is -2.36. The number of nitrogens with zero attached hydrogens (tertiary/aromatic N) is 4. The van der Waals surface area contributed by atoms with Crippen molar-refractivity contribution in [3.05, 3.63) is 78.1 Å². The van der Waals surface area contributed by atoms with Gasteiger partial charge in [0.05, 0.1) is 12.0 Å². The summed E-state index contributed by atoms with van der Waals surface area (Å²) in [5.41, 5.74) is 1.48. The summed E-state index contributed by atoms with van der Waals surface area (Å²) in [6.07, 6.45) is 1.27. The molecule has 174 valence electrons. The average molecular weight is 461 g/mol. The highest BCUT2D eigenvalue weighted by Gasteiger charge is 2.41. The van der Waals surface area contributed by atoms with E-state index in [-0.39, 0.29) is 18.3 Å². The molecule has 2 aromatic carbocycles. The number of ether oxygens (including phenoxy) is 2. The van der Waals surface area contributed by atoms with Crippen molar-refractivity contribution in [3.63, 3.8) is 0 Å². The molecule has 1 N–H and O–H groups in total. The van der Waals surface area contributed by atoms with Crippen molar-refractivity contribution >= 4 is 11.6 Å². The number of hydrogen-bond donors (Lipinski definition) is 1. The highest BCUT2D eigenvalue weighted by molar-refractivity contribution is 5.88. The van der Waals surface area contributed by atoms with Crippen LogP contribution in [0, 0.1) is 5.82 Å². The molecular weight excluding hydrogens is 437 g/mol. The van der Waals surface area contributed by atoms with Crippen molar-refractivity contribution in [1.29, 1.82) is 0 Å². The molecule has 2 aromatic heterocycles. The second kappa shape index (κ2) is 9.56. The largest absolute Gasteiger partial charge is 0.475 e. The van der Waals surface area contributed by atoms with Gasteiger partial charge in [-0.25, -0.2) is 4.39 Å². The summed E-state index contributed by atoms with van der Waals surface area (Å²) >= 11 is 0. The summed E-state index contributed by atoms with van der Waals surface area (Å²) in [6, 6.07) is 19.3. The van der Waals surface area contributed by atoms with Crippen molar-refractivity contribution in [3.8, 4) is 17.3 Å². The van der Waals surface area contributed by atoms with Gasteiger partial charge in [-0.3, -0.25) is 4.79 Å². The zero-order valence-electron chi connectivity index (χ0n) is 18.5. The van der Waals surface area contributed by atoms with E-state index in [2.05, 4.69) is 20.6 Å². The fourth-order valence-electron chi connectivity index (χ4n) is 4.27. The lowest BCUT2D eigenvalue weighted by molar-refractivity contribution is -0.130. The van der Waals surface area contributed by atoms with Crippen molar-refractivity contribution < 1.29 is 18.7 Å². The molecule has 8 nitrogen and oxygen atoms in total. The Bertz CT molecular complexity index is 1290. The van der Waals surface area contributed by atoms with Crippen molar-refractivity contribution in [2.75, 3.05) is 26.4 Å². The summed E-state index contributed by atoms with van der Waals surface area (Å²) in [5, 5.41) is 15.6. The number of rotatable bonds is 7. The third kappa shape index (κ3) is 4.34. The summed E-state index contributed by atoms with van der Waals surface area (Å²) in [6.45, 7) is 1.67. The molecule has 9 heteroatoms. The molecule has 5 rings (SSSR count). The van der Waals surface area contributed by atoms with Gasteiger partial charge in [-0.1, -0.05) is 42.5 Å². The first kappa shape index (κ1) is 22.0. The first-order chi connectivity index (χ1) is 16.7. The number of nitrogens with one attached hydrogen (secondary N) is 1. The Morgan fingerprint density at radius 1 is 1.06 bits per heavy atom. The van der Waals surface area contributed by atoms with Crippen LogP contribution >= 0.6 is 0 Å². The van der Waals surface area contributed by atoms with Crippen LogP contribution < -0.4 is 10.1 Å². The fraction of sp³-hybridized carbons (Fsp3) is 0.280. The van der Waals surface area contributed by atoms with E-state index in [0.717, 1.165) is 5.56 Å². The molecule has 34 heavy (non-hydrogen) atoms. The predicted molar refractivity (Wildman–Crippen MR) is 123 cm³/mol. The quantitative estimate of drug-likeness (QED) is 0.425. The first-order valence-corrected chi connectivity index (χ1v) is 11.2. The topological polar surface area (TPSA) is 90.6 Å². The summed E-state index contributed by atoms with van der Waals surface area (Å²) in [5.74, 6) is 0.372. The van der Waals surface area contributed by atoms with Crippen LogP contribution in [0.25, 0.3) is 17.0 Å². The van der Waals surface area contributed by atoms with Crippen LogP contribution in [0.3, 0.4) is 0 Å². The van der Waals surface area contributed by atoms with Gasteiger partial charge in [0.2, 0.25) is 11.8 Å². The molecular formula is C25H24FN5O3. The van der Waals surface area contributed by atoms with Gasteiger partial charge in [0.25, 0.3) is 0 Å². The van der Waals surface area contributed by atoms with Crippen LogP contribution in [-0.2, 0) is 14.9 Å². The van der Waals surface area contributed by atoms with Gasteiger partial charge in [0, 0.05) is 24.8 Å². The number of fused-ring (bicyclic) bond motifs is 1. The van der Waals surface area contributed by atoms with Gasteiger partial charge in [-0.2, -0.15) is 4.52 Å². The zero-order chi connectivity index (χ0) is 23.4. The number of benzene rings is 2. The van der Waals surface area contributed by atoms with E-state index in [0.29, 0.717) is 55.5 Å². The van der Waals surface area contributed by atoms with E-state index < -0.39 is 5.41 Å². The van der Waals surface area contributed by atoms with Gasteiger partial charge in [0.15, 0.2) is 11.5 Å². The van der Waals surface area contributed by atoms with Crippen LogP contribution in [0.2, 0.25) is 0 Å². The van der Waals surface area contributed by atoms with Crippen molar-refractivity contribution in [2.24, 2.45) is 0 Å². The Labute approximate surface area is 195 Å². The molecule has 0 spiro atoms. The normalized spacial score (nSPS) is 15.2. The second-order valence-electron chi connectivity index (χ2n) is 8.14. The molecule has 0 atom stereocenters. The number of carbonyl (C=O) groups excluding carboxylic acids is 1. The minimum Gasteiger partial charge on any atom is -0.475 e. The summed E-state index contributed by atoms with van der Waals surface area (Å²) in [4.78, 5) is 13.2. The van der Waals surface area contributed by atoms with Crippen LogP contribution in [0.4, 0.5) is 4.39 Å². The van der Waals surface area contributed by atoms with E-state index in [4.69, 9.17) is 9.47 Å². The maximum absolute atomic E-state index is 13.6. The molecule has 1 amide bonds. The standard InChI is InChI=1S/C25H24FN5O3/c26-20-8-4-5-18(17-20)23-29-28-21-9-10-22(30-31(21)23)34-16-13-27-24(32)25(11-14-33-15-12-25)19-6-2-1-3-7-19/h1-10,17H,11-16H2,(H,27,32). The highest BCUT2D eigenvalue weighted by Crippen LogP contribution is 2.35.